The number of ether oxygens (including phenoxy) is 1. The molecule has 0 radical (unpaired) electrons. The van der Waals surface area contributed by atoms with Gasteiger partial charge in [-0.15, -0.1) is 0 Å². The van der Waals surface area contributed by atoms with E-state index in [1.165, 1.54) is 23.0 Å². The number of anilines is 1. The molecule has 3 fully saturated rings. The van der Waals surface area contributed by atoms with E-state index < -0.39 is 51.2 Å². The normalized spacial score (nSPS) is 23.6. The van der Waals surface area contributed by atoms with E-state index in [-0.39, 0.29) is 53.1 Å². The van der Waals surface area contributed by atoms with E-state index in [1.807, 2.05) is 0 Å². The summed E-state index contributed by atoms with van der Waals surface area (Å²) in [7, 11) is -4.99. The first-order valence-electron chi connectivity index (χ1n) is 11.5. The van der Waals surface area contributed by atoms with Crippen LogP contribution in [0, 0.1) is 6.92 Å². The van der Waals surface area contributed by atoms with Crippen LogP contribution in [0.15, 0.2) is 35.6 Å². The first kappa shape index (κ1) is 27.1. The van der Waals surface area contributed by atoms with Gasteiger partial charge in [-0.25, -0.2) is 36.9 Å². The van der Waals surface area contributed by atoms with Crippen LogP contribution in [0.5, 0.6) is 0 Å². The average molecular weight is 577 g/mol. The van der Waals surface area contributed by atoms with Crippen LogP contribution in [0.3, 0.4) is 0 Å². The highest BCUT2D eigenvalue weighted by Gasteiger charge is 2.61. The van der Waals surface area contributed by atoms with Crippen molar-refractivity contribution in [2.45, 2.75) is 61.2 Å². The standard InChI is InChI=1S/C22H21F5N6O5S/c1-12-2-3-13(8-14(12)15-9-32-18(28)29-11-30-19(32)31-15)39(35,36)33(38-17(34)22(25,26)27)20-4-6-21(7-5-20,16(23)24)37-10-20/h2-3,8-9,11,16H,4-7,10H2,1H3,(H2,28,29,30,31). The SMILES string of the molecule is Cc1ccc(S(=O)(=O)N(OC(=O)C(F)(F)F)C23CCC(C(F)F)(CC2)OC3)cc1-c1cn2c(N)ncnc2n1. The molecule has 39 heavy (non-hydrogen) atoms. The van der Waals surface area contributed by atoms with Crippen LogP contribution in [0.4, 0.5) is 27.9 Å². The van der Waals surface area contributed by atoms with Crippen LogP contribution in [-0.2, 0) is 24.4 Å². The Balaban J connectivity index is 1.58. The molecule has 6 rings (SSSR count). The molecule has 0 spiro atoms. The molecule has 0 unspecified atom stereocenters. The third-order valence-corrected chi connectivity index (χ3v) is 8.88. The number of alkyl halides is 5. The summed E-state index contributed by atoms with van der Waals surface area (Å²) >= 11 is 0. The molecule has 2 saturated heterocycles. The number of aromatic nitrogens is 4. The zero-order valence-corrected chi connectivity index (χ0v) is 21.0. The number of hydrogen-bond donors (Lipinski definition) is 1. The Morgan fingerprint density at radius 2 is 1.90 bits per heavy atom. The van der Waals surface area contributed by atoms with Crippen molar-refractivity contribution in [3.05, 3.63) is 36.3 Å². The number of nitrogens with zero attached hydrogens (tertiary/aromatic N) is 5. The van der Waals surface area contributed by atoms with Gasteiger partial charge >= 0.3 is 12.1 Å². The first-order chi connectivity index (χ1) is 18.2. The summed E-state index contributed by atoms with van der Waals surface area (Å²) in [5.74, 6) is -2.56. The van der Waals surface area contributed by atoms with E-state index >= 15 is 0 Å². The number of aryl methyl sites for hydroxylation is 1. The molecule has 2 N–H and O–H groups in total. The third kappa shape index (κ3) is 4.47. The number of fused-ring (bicyclic) bond motifs is 4. The number of rotatable bonds is 6. The highest BCUT2D eigenvalue weighted by atomic mass is 32.2. The summed E-state index contributed by atoms with van der Waals surface area (Å²) in [6, 6.07) is 3.67. The Bertz CT molecular complexity index is 1540. The maximum Gasteiger partial charge on any atom is 0.492 e. The Kier molecular flexibility index (Phi) is 6.30. The van der Waals surface area contributed by atoms with Crippen molar-refractivity contribution in [2.75, 3.05) is 12.3 Å². The second-order valence-electron chi connectivity index (χ2n) is 9.49. The first-order valence-corrected chi connectivity index (χ1v) is 13.0. The van der Waals surface area contributed by atoms with Gasteiger partial charge < -0.3 is 15.3 Å². The number of hydroxylamine groups is 1. The average Bonchev–Trinajstić information content (AvgIpc) is 3.33. The molecule has 1 aliphatic carbocycles. The second kappa shape index (κ2) is 9.06. The predicted molar refractivity (Wildman–Crippen MR) is 122 cm³/mol. The lowest BCUT2D eigenvalue weighted by Gasteiger charge is -2.54. The fourth-order valence-corrected chi connectivity index (χ4v) is 6.45. The van der Waals surface area contributed by atoms with Crippen molar-refractivity contribution >= 4 is 27.7 Å². The summed E-state index contributed by atoms with van der Waals surface area (Å²) < 4.78 is 101. The molecule has 17 heteroatoms. The zero-order valence-electron chi connectivity index (χ0n) is 20.2. The molecule has 1 aromatic carbocycles. The molecule has 210 valence electrons. The van der Waals surface area contributed by atoms with E-state index in [2.05, 4.69) is 19.8 Å². The minimum atomic E-state index is -5.53. The van der Waals surface area contributed by atoms with Crippen molar-refractivity contribution in [1.82, 2.24) is 23.8 Å². The van der Waals surface area contributed by atoms with Gasteiger partial charge in [-0.2, -0.15) is 13.2 Å². The molecular weight excluding hydrogens is 555 g/mol. The van der Waals surface area contributed by atoms with Crippen molar-refractivity contribution in [2.24, 2.45) is 0 Å². The number of hydrogen-bond acceptors (Lipinski definition) is 9. The summed E-state index contributed by atoms with van der Waals surface area (Å²) in [5.41, 5.74) is 3.20. The monoisotopic (exact) mass is 576 g/mol. The second-order valence-corrected chi connectivity index (χ2v) is 11.2. The molecule has 11 nitrogen and oxygen atoms in total. The largest absolute Gasteiger partial charge is 0.492 e. The van der Waals surface area contributed by atoms with Crippen LogP contribution in [0.2, 0.25) is 0 Å². The van der Waals surface area contributed by atoms with Gasteiger partial charge in [-0.05, 0) is 54.8 Å². The van der Waals surface area contributed by atoms with Crippen LogP contribution in [-0.4, -0.2) is 68.6 Å². The molecule has 2 aromatic heterocycles. The summed E-state index contributed by atoms with van der Waals surface area (Å²) in [5, 5.41) is 0. The van der Waals surface area contributed by atoms with Gasteiger partial charge in [0.25, 0.3) is 16.4 Å². The lowest BCUT2D eigenvalue weighted by atomic mass is 9.71. The third-order valence-electron chi connectivity index (χ3n) is 7.14. The summed E-state index contributed by atoms with van der Waals surface area (Å²) in [6.45, 7) is 0.954. The molecule has 3 aromatic rings. The fraction of sp³-hybridized carbons (Fsp3) is 0.455. The van der Waals surface area contributed by atoms with Crippen LogP contribution >= 0.6 is 0 Å². The van der Waals surface area contributed by atoms with Crippen molar-refractivity contribution < 1.29 is 44.7 Å². The van der Waals surface area contributed by atoms with Crippen LogP contribution < -0.4 is 5.73 Å². The Morgan fingerprint density at radius 3 is 2.46 bits per heavy atom. The van der Waals surface area contributed by atoms with E-state index in [0.717, 1.165) is 12.1 Å². The number of carbonyl (C=O) groups is 1. The number of imidazole rings is 1. The molecule has 0 atom stereocenters. The minimum absolute atomic E-state index is 0.0219. The molecule has 1 saturated carbocycles. The van der Waals surface area contributed by atoms with Gasteiger partial charge in [0, 0.05) is 11.8 Å². The highest BCUT2D eigenvalue weighted by molar-refractivity contribution is 7.89. The van der Waals surface area contributed by atoms with Gasteiger partial charge in [-0.1, -0.05) is 6.07 Å². The summed E-state index contributed by atoms with van der Waals surface area (Å²) in [6.07, 6.45) is -7.11. The number of benzene rings is 1. The van der Waals surface area contributed by atoms with Gasteiger partial charge in [0.2, 0.25) is 11.7 Å². The highest BCUT2D eigenvalue weighted by Crippen LogP contribution is 2.50. The Morgan fingerprint density at radius 1 is 1.21 bits per heavy atom. The maximum absolute atomic E-state index is 13.8. The van der Waals surface area contributed by atoms with Gasteiger partial charge in [-0.3, -0.25) is 4.40 Å². The predicted octanol–water partition coefficient (Wildman–Crippen LogP) is 3.04. The van der Waals surface area contributed by atoms with E-state index in [0.29, 0.717) is 5.56 Å². The molecule has 0 amide bonds. The number of halogens is 5. The van der Waals surface area contributed by atoms with E-state index in [1.54, 1.807) is 6.92 Å². The molecule has 3 aliphatic rings. The topological polar surface area (TPSA) is 142 Å². The van der Waals surface area contributed by atoms with Gasteiger partial charge in [0.1, 0.15) is 11.9 Å². The quantitative estimate of drug-likeness (QED) is 0.346. The number of nitrogen functional groups attached to an aromatic ring is 1. The van der Waals surface area contributed by atoms with Crippen LogP contribution in [0.1, 0.15) is 31.2 Å². The van der Waals surface area contributed by atoms with E-state index in [4.69, 9.17) is 10.5 Å². The lowest BCUT2D eigenvalue weighted by Crippen LogP contribution is -2.66. The molecular formula is C22H21F5N6O5S. The number of nitrogens with two attached hydrogens (primary N) is 1. The number of sulfonamides is 1. The number of carbonyl (C=O) groups excluding carboxylic acids is 1. The lowest BCUT2D eigenvalue weighted by molar-refractivity contribution is -0.281. The fourth-order valence-electron chi connectivity index (χ4n) is 4.84. The van der Waals surface area contributed by atoms with E-state index in [9.17, 15) is 35.2 Å². The smallest absolute Gasteiger partial charge is 0.369 e. The minimum Gasteiger partial charge on any atom is -0.369 e. The zero-order chi connectivity index (χ0) is 28.4. The van der Waals surface area contributed by atoms with Crippen molar-refractivity contribution in [1.29, 1.82) is 0 Å². The van der Waals surface area contributed by atoms with Gasteiger partial charge in [0.15, 0.2) is 0 Å². The summed E-state index contributed by atoms with van der Waals surface area (Å²) in [4.78, 5) is 27.9. The molecule has 2 bridgehead atoms. The van der Waals surface area contributed by atoms with Crippen molar-refractivity contribution in [3.8, 4) is 11.3 Å². The van der Waals surface area contributed by atoms with Crippen molar-refractivity contribution in [3.63, 3.8) is 0 Å². The molecule has 4 heterocycles. The molecule has 2 aliphatic heterocycles. The Labute approximate surface area is 217 Å². The maximum atomic E-state index is 13.8. The van der Waals surface area contributed by atoms with Gasteiger partial charge in [0.05, 0.1) is 22.7 Å². The Hall–Kier alpha value is -3.44. The van der Waals surface area contributed by atoms with Crippen LogP contribution in [0.25, 0.3) is 17.0 Å².